The highest BCUT2D eigenvalue weighted by Crippen LogP contribution is 2.21. The molecule has 1 aromatic carbocycles. The maximum absolute atomic E-state index is 12.0. The van der Waals surface area contributed by atoms with E-state index in [2.05, 4.69) is 31.0 Å². The molecule has 1 aliphatic heterocycles. The third kappa shape index (κ3) is 5.78. The lowest BCUT2D eigenvalue weighted by atomic mass is 10.1. The number of morpholine rings is 1. The summed E-state index contributed by atoms with van der Waals surface area (Å²) in [5, 5.41) is 4.03. The first-order valence-corrected chi connectivity index (χ1v) is 8.91. The van der Waals surface area contributed by atoms with E-state index in [1.165, 1.54) is 6.08 Å². The van der Waals surface area contributed by atoms with Gasteiger partial charge in [0.1, 0.15) is 0 Å². The predicted molar refractivity (Wildman–Crippen MR) is 99.5 cm³/mol. The second kappa shape index (κ2) is 8.86. The van der Waals surface area contributed by atoms with Crippen LogP contribution in [-0.4, -0.2) is 48.7 Å². The molecule has 3 atom stereocenters. The molecule has 0 saturated carbocycles. The number of halogens is 2. The topological polar surface area (TPSA) is 41.6 Å². The lowest BCUT2D eigenvalue weighted by Gasteiger charge is -2.38. The summed E-state index contributed by atoms with van der Waals surface area (Å²) in [6.45, 7) is 8.64. The summed E-state index contributed by atoms with van der Waals surface area (Å²) >= 11 is 11.9. The van der Waals surface area contributed by atoms with Crippen molar-refractivity contribution in [3.63, 3.8) is 0 Å². The molecular formula is C18H24Cl2N2O2. The highest BCUT2D eigenvalue weighted by Gasteiger charge is 2.25. The van der Waals surface area contributed by atoms with Gasteiger partial charge in [-0.2, -0.15) is 0 Å². The Morgan fingerprint density at radius 2 is 2.04 bits per heavy atom. The predicted octanol–water partition coefficient (Wildman–Crippen LogP) is 3.62. The number of nitrogens with one attached hydrogen (secondary N) is 1. The molecule has 1 aromatic rings. The van der Waals surface area contributed by atoms with Gasteiger partial charge >= 0.3 is 0 Å². The van der Waals surface area contributed by atoms with Gasteiger partial charge in [0.05, 0.1) is 12.2 Å². The molecule has 1 heterocycles. The number of rotatable bonds is 5. The largest absolute Gasteiger partial charge is 0.373 e. The van der Waals surface area contributed by atoms with Gasteiger partial charge in [-0.3, -0.25) is 9.69 Å². The average Bonchev–Trinajstić information content (AvgIpc) is 2.50. The summed E-state index contributed by atoms with van der Waals surface area (Å²) in [5.41, 5.74) is 0.764. The van der Waals surface area contributed by atoms with Gasteiger partial charge in [0.25, 0.3) is 0 Å². The van der Waals surface area contributed by atoms with Crippen molar-refractivity contribution >= 4 is 35.2 Å². The van der Waals surface area contributed by atoms with Crippen molar-refractivity contribution in [3.05, 3.63) is 39.9 Å². The van der Waals surface area contributed by atoms with Crippen molar-refractivity contribution in [1.29, 1.82) is 0 Å². The lowest BCUT2D eigenvalue weighted by molar-refractivity contribution is -0.117. The number of hydrogen-bond acceptors (Lipinski definition) is 3. The third-order valence-corrected chi connectivity index (χ3v) is 4.58. The van der Waals surface area contributed by atoms with Gasteiger partial charge in [-0.1, -0.05) is 29.3 Å². The zero-order valence-corrected chi connectivity index (χ0v) is 15.8. The van der Waals surface area contributed by atoms with E-state index in [0.717, 1.165) is 18.7 Å². The Kier molecular flexibility index (Phi) is 7.11. The van der Waals surface area contributed by atoms with E-state index in [1.807, 2.05) is 0 Å². The fourth-order valence-electron chi connectivity index (χ4n) is 2.82. The first kappa shape index (κ1) is 19.3. The van der Waals surface area contributed by atoms with Gasteiger partial charge in [-0.05, 0) is 44.5 Å². The number of nitrogens with zero attached hydrogens (tertiary/aromatic N) is 1. The van der Waals surface area contributed by atoms with Crippen molar-refractivity contribution in [2.45, 2.75) is 39.0 Å². The summed E-state index contributed by atoms with van der Waals surface area (Å²) < 4.78 is 5.74. The third-order valence-electron chi connectivity index (χ3n) is 4.02. The van der Waals surface area contributed by atoms with E-state index in [-0.39, 0.29) is 24.2 Å². The Morgan fingerprint density at radius 1 is 1.38 bits per heavy atom. The van der Waals surface area contributed by atoms with Gasteiger partial charge in [0.15, 0.2) is 0 Å². The molecule has 2 rings (SSSR count). The molecule has 0 aromatic heterocycles. The van der Waals surface area contributed by atoms with Crippen LogP contribution in [0.1, 0.15) is 26.3 Å². The van der Waals surface area contributed by atoms with Crippen LogP contribution >= 0.6 is 23.2 Å². The minimum atomic E-state index is -0.137. The summed E-state index contributed by atoms with van der Waals surface area (Å²) in [4.78, 5) is 14.3. The van der Waals surface area contributed by atoms with Crippen LogP contribution in [0.15, 0.2) is 24.3 Å². The molecule has 4 nitrogen and oxygen atoms in total. The Bertz CT molecular complexity index is 597. The molecule has 1 fully saturated rings. The zero-order valence-electron chi connectivity index (χ0n) is 14.3. The number of benzene rings is 1. The van der Waals surface area contributed by atoms with Crippen LogP contribution in [-0.2, 0) is 9.53 Å². The number of carbonyl (C=O) groups excluding carboxylic acids is 1. The molecule has 1 amide bonds. The molecule has 0 unspecified atom stereocenters. The van der Waals surface area contributed by atoms with E-state index in [4.69, 9.17) is 27.9 Å². The van der Waals surface area contributed by atoms with Crippen LogP contribution in [0, 0.1) is 0 Å². The Morgan fingerprint density at radius 3 is 2.67 bits per heavy atom. The van der Waals surface area contributed by atoms with Crippen molar-refractivity contribution in [2.24, 2.45) is 0 Å². The van der Waals surface area contributed by atoms with Gasteiger partial charge < -0.3 is 10.1 Å². The van der Waals surface area contributed by atoms with Crippen molar-refractivity contribution < 1.29 is 9.53 Å². The van der Waals surface area contributed by atoms with Crippen molar-refractivity contribution in [1.82, 2.24) is 10.2 Å². The minimum Gasteiger partial charge on any atom is -0.373 e. The molecule has 0 bridgehead atoms. The lowest BCUT2D eigenvalue weighted by Crippen LogP contribution is -2.52. The minimum absolute atomic E-state index is 0.137. The standard InChI is InChI=1S/C18H24Cl2N2O2/c1-12(22-10-13(2)24-14(3)11-22)9-21-18(23)7-5-15-4-6-16(19)8-17(15)20/h4-8,12-14H,9-11H2,1-3H3,(H,21,23)/b7-5+/t12-,13-,14+/m0/s1. The average molecular weight is 371 g/mol. The van der Waals surface area contributed by atoms with E-state index >= 15 is 0 Å². The molecule has 1 N–H and O–H groups in total. The van der Waals surface area contributed by atoms with E-state index in [0.29, 0.717) is 16.6 Å². The van der Waals surface area contributed by atoms with Crippen LogP contribution < -0.4 is 5.32 Å². The number of carbonyl (C=O) groups is 1. The van der Waals surface area contributed by atoms with Gasteiger partial charge in [-0.25, -0.2) is 0 Å². The van der Waals surface area contributed by atoms with Gasteiger partial charge in [0, 0.05) is 41.8 Å². The second-order valence-electron chi connectivity index (χ2n) is 6.30. The fraction of sp³-hybridized carbons (Fsp3) is 0.500. The van der Waals surface area contributed by atoms with Crippen LogP contribution in [0.4, 0.5) is 0 Å². The molecule has 24 heavy (non-hydrogen) atoms. The van der Waals surface area contributed by atoms with Crippen LogP contribution in [0.5, 0.6) is 0 Å². The molecule has 6 heteroatoms. The zero-order chi connectivity index (χ0) is 17.7. The van der Waals surface area contributed by atoms with Crippen LogP contribution in [0.25, 0.3) is 6.08 Å². The normalized spacial score (nSPS) is 23.4. The molecule has 1 saturated heterocycles. The SMILES string of the molecule is C[C@@H]1CN([C@@H](C)CNC(=O)/C=C/c2ccc(Cl)cc2Cl)C[C@H](C)O1. The van der Waals surface area contributed by atoms with E-state index in [1.54, 1.807) is 24.3 Å². The second-order valence-corrected chi connectivity index (χ2v) is 7.15. The maximum atomic E-state index is 12.0. The molecular weight excluding hydrogens is 347 g/mol. The monoisotopic (exact) mass is 370 g/mol. The summed E-state index contributed by atoms with van der Waals surface area (Å²) in [7, 11) is 0. The molecule has 0 spiro atoms. The van der Waals surface area contributed by atoms with Gasteiger partial charge in [0.2, 0.25) is 5.91 Å². The Balaban J connectivity index is 1.83. The van der Waals surface area contributed by atoms with E-state index < -0.39 is 0 Å². The fourth-order valence-corrected chi connectivity index (χ4v) is 3.29. The quantitative estimate of drug-likeness (QED) is 0.804. The number of amides is 1. The molecule has 1 aliphatic rings. The first-order valence-electron chi connectivity index (χ1n) is 8.15. The summed E-state index contributed by atoms with van der Waals surface area (Å²) in [6.07, 6.45) is 3.63. The smallest absolute Gasteiger partial charge is 0.244 e. The van der Waals surface area contributed by atoms with Gasteiger partial charge in [-0.15, -0.1) is 0 Å². The molecule has 132 valence electrons. The Hall–Kier alpha value is -1.07. The van der Waals surface area contributed by atoms with Crippen molar-refractivity contribution in [3.8, 4) is 0 Å². The van der Waals surface area contributed by atoms with Crippen LogP contribution in [0.2, 0.25) is 10.0 Å². The number of hydrogen-bond donors (Lipinski definition) is 1. The Labute approximate surface area is 153 Å². The summed E-state index contributed by atoms with van der Waals surface area (Å²) in [5.74, 6) is -0.137. The number of ether oxygens (including phenoxy) is 1. The van der Waals surface area contributed by atoms with Crippen molar-refractivity contribution in [2.75, 3.05) is 19.6 Å². The maximum Gasteiger partial charge on any atom is 0.244 e. The highest BCUT2D eigenvalue weighted by molar-refractivity contribution is 6.35. The first-order chi connectivity index (χ1) is 11.3. The summed E-state index contributed by atoms with van der Waals surface area (Å²) in [6, 6.07) is 5.44. The van der Waals surface area contributed by atoms with Crippen LogP contribution in [0.3, 0.4) is 0 Å². The van der Waals surface area contributed by atoms with E-state index in [9.17, 15) is 4.79 Å². The molecule has 0 aliphatic carbocycles. The highest BCUT2D eigenvalue weighted by atomic mass is 35.5. The molecule has 0 radical (unpaired) electrons.